The van der Waals surface area contributed by atoms with Crippen LogP contribution in [0.15, 0.2) is 42.6 Å². The lowest BCUT2D eigenvalue weighted by Crippen LogP contribution is -2.11. The van der Waals surface area contributed by atoms with Crippen molar-refractivity contribution in [3.8, 4) is 0 Å². The molecule has 0 aliphatic carbocycles. The lowest BCUT2D eigenvalue weighted by molar-refractivity contribution is -0.136. The van der Waals surface area contributed by atoms with Crippen molar-refractivity contribution in [1.82, 2.24) is 4.98 Å². The maximum absolute atomic E-state index is 13.0. The van der Waals surface area contributed by atoms with Crippen LogP contribution in [0, 0.1) is 0 Å². The molecule has 0 aliphatic rings. The molecule has 0 aliphatic heterocycles. The Morgan fingerprint density at radius 3 is 2.54 bits per heavy atom. The molecule has 7 heteroatoms. The Morgan fingerprint density at radius 1 is 1.17 bits per heavy atom. The average Bonchev–Trinajstić information content (AvgIpc) is 2.54. The number of nitrogens with zero attached hydrogens (tertiary/aromatic N) is 1. The summed E-state index contributed by atoms with van der Waals surface area (Å²) in [7, 11) is 0. The zero-order valence-corrected chi connectivity index (χ0v) is 13.2. The predicted molar refractivity (Wildman–Crippen MR) is 87.1 cm³/mol. The van der Waals surface area contributed by atoms with Crippen LogP contribution in [-0.2, 0) is 11.0 Å². The van der Waals surface area contributed by atoms with E-state index in [1.165, 1.54) is 30.5 Å². The second kappa shape index (κ2) is 7.81. The Kier molecular flexibility index (Phi) is 5.78. The fourth-order valence-corrected chi connectivity index (χ4v) is 2.08. The molecule has 1 aromatic carbocycles. The van der Waals surface area contributed by atoms with Gasteiger partial charge in [0.2, 0.25) is 5.91 Å². The number of alkyl halides is 3. The normalized spacial score (nSPS) is 11.2. The zero-order valence-electron chi connectivity index (χ0n) is 13.2. The molecular weight excluding hydrogens is 319 g/mol. The number of anilines is 3. The van der Waals surface area contributed by atoms with E-state index in [2.05, 4.69) is 15.6 Å². The van der Waals surface area contributed by atoms with Gasteiger partial charge in [0, 0.05) is 6.42 Å². The number of benzene rings is 1. The van der Waals surface area contributed by atoms with Crippen LogP contribution < -0.4 is 10.6 Å². The Morgan fingerprint density at radius 2 is 1.92 bits per heavy atom. The molecular formula is C17H18F3N3O. The van der Waals surface area contributed by atoms with Crippen LogP contribution in [0.1, 0.15) is 31.7 Å². The van der Waals surface area contributed by atoms with Crippen LogP contribution in [0.5, 0.6) is 0 Å². The van der Waals surface area contributed by atoms with Gasteiger partial charge in [0.05, 0.1) is 23.1 Å². The number of para-hydroxylation sites is 1. The first-order valence-electron chi connectivity index (χ1n) is 7.59. The number of amides is 1. The van der Waals surface area contributed by atoms with Gasteiger partial charge in [-0.2, -0.15) is 13.2 Å². The molecule has 0 saturated heterocycles. The molecule has 2 N–H and O–H groups in total. The first-order valence-corrected chi connectivity index (χ1v) is 7.59. The number of carbonyl (C=O) groups excluding carboxylic acids is 1. The minimum absolute atomic E-state index is 0.0720. The van der Waals surface area contributed by atoms with Crippen molar-refractivity contribution in [1.29, 1.82) is 0 Å². The third-order valence-corrected chi connectivity index (χ3v) is 3.30. The number of hydrogen-bond acceptors (Lipinski definition) is 3. The van der Waals surface area contributed by atoms with Crippen LogP contribution in [0.25, 0.3) is 0 Å². The summed E-state index contributed by atoms with van der Waals surface area (Å²) >= 11 is 0. The Labute approximate surface area is 138 Å². The quantitative estimate of drug-likeness (QED) is 0.782. The molecule has 0 unspecified atom stereocenters. The van der Waals surface area contributed by atoms with Gasteiger partial charge < -0.3 is 10.6 Å². The van der Waals surface area contributed by atoms with Crippen molar-refractivity contribution in [2.75, 3.05) is 10.6 Å². The van der Waals surface area contributed by atoms with Crippen molar-refractivity contribution in [3.05, 3.63) is 48.2 Å². The molecule has 4 nitrogen and oxygen atoms in total. The molecule has 0 atom stereocenters. The summed E-state index contributed by atoms with van der Waals surface area (Å²) in [5.41, 5.74) is -0.327. The first kappa shape index (κ1) is 17.8. The zero-order chi connectivity index (χ0) is 17.6. The van der Waals surface area contributed by atoms with E-state index in [-0.39, 0.29) is 17.4 Å². The molecule has 2 aromatic rings. The van der Waals surface area contributed by atoms with Crippen LogP contribution in [0.3, 0.4) is 0 Å². The predicted octanol–water partition coefficient (Wildman–Crippen LogP) is 4.97. The lowest BCUT2D eigenvalue weighted by atomic mass is 10.1. The van der Waals surface area contributed by atoms with Gasteiger partial charge in [-0.05, 0) is 30.7 Å². The van der Waals surface area contributed by atoms with Crippen LogP contribution in [0.2, 0.25) is 0 Å². The van der Waals surface area contributed by atoms with Crippen molar-refractivity contribution >= 4 is 23.1 Å². The molecule has 2 rings (SSSR count). The van der Waals surface area contributed by atoms with E-state index in [9.17, 15) is 18.0 Å². The molecule has 1 amide bonds. The van der Waals surface area contributed by atoms with Gasteiger partial charge in [-0.3, -0.25) is 4.79 Å². The SMILES string of the molecule is CCCCC(=O)Nc1ccc(Nc2ccccc2C(F)(F)F)nc1. The highest BCUT2D eigenvalue weighted by atomic mass is 19.4. The Hall–Kier alpha value is -2.57. The first-order chi connectivity index (χ1) is 11.4. The summed E-state index contributed by atoms with van der Waals surface area (Å²) < 4.78 is 38.9. The molecule has 1 aromatic heterocycles. The van der Waals surface area contributed by atoms with E-state index in [0.29, 0.717) is 12.1 Å². The van der Waals surface area contributed by atoms with Gasteiger partial charge in [-0.1, -0.05) is 25.5 Å². The largest absolute Gasteiger partial charge is 0.418 e. The number of hydrogen-bond donors (Lipinski definition) is 2. The van der Waals surface area contributed by atoms with E-state index in [0.717, 1.165) is 18.9 Å². The van der Waals surface area contributed by atoms with Gasteiger partial charge >= 0.3 is 6.18 Å². The van der Waals surface area contributed by atoms with Gasteiger partial charge in [0.25, 0.3) is 0 Å². The molecule has 24 heavy (non-hydrogen) atoms. The highest BCUT2D eigenvalue weighted by molar-refractivity contribution is 5.90. The molecule has 0 fully saturated rings. The molecule has 0 saturated carbocycles. The third kappa shape index (κ3) is 4.97. The summed E-state index contributed by atoms with van der Waals surface area (Å²) in [5, 5.41) is 5.34. The highest BCUT2D eigenvalue weighted by Crippen LogP contribution is 2.35. The molecule has 128 valence electrons. The summed E-state index contributed by atoms with van der Waals surface area (Å²) in [6.07, 6.45) is -0.894. The molecule has 1 heterocycles. The van der Waals surface area contributed by atoms with Crippen molar-refractivity contribution in [2.45, 2.75) is 32.4 Å². The van der Waals surface area contributed by atoms with E-state index in [1.54, 1.807) is 6.07 Å². The summed E-state index contributed by atoms with van der Waals surface area (Å²) in [6.45, 7) is 1.99. The smallest absolute Gasteiger partial charge is 0.340 e. The second-order valence-electron chi connectivity index (χ2n) is 5.25. The highest BCUT2D eigenvalue weighted by Gasteiger charge is 2.33. The average molecular weight is 337 g/mol. The Balaban J connectivity index is 2.06. The van der Waals surface area contributed by atoms with Gasteiger partial charge in [0.1, 0.15) is 5.82 Å². The number of pyridine rings is 1. The van der Waals surface area contributed by atoms with Gasteiger partial charge in [0.15, 0.2) is 0 Å². The van der Waals surface area contributed by atoms with E-state index >= 15 is 0 Å². The lowest BCUT2D eigenvalue weighted by Gasteiger charge is -2.14. The maximum atomic E-state index is 13.0. The van der Waals surface area contributed by atoms with Crippen LogP contribution in [-0.4, -0.2) is 10.9 Å². The topological polar surface area (TPSA) is 54.0 Å². The maximum Gasteiger partial charge on any atom is 0.418 e. The fourth-order valence-electron chi connectivity index (χ4n) is 2.08. The van der Waals surface area contributed by atoms with Crippen LogP contribution >= 0.6 is 0 Å². The number of carbonyl (C=O) groups is 1. The van der Waals surface area contributed by atoms with E-state index < -0.39 is 11.7 Å². The van der Waals surface area contributed by atoms with Crippen molar-refractivity contribution in [2.24, 2.45) is 0 Å². The minimum atomic E-state index is -4.45. The minimum Gasteiger partial charge on any atom is -0.340 e. The Bertz CT molecular complexity index is 684. The molecule has 0 bridgehead atoms. The van der Waals surface area contributed by atoms with Gasteiger partial charge in [-0.15, -0.1) is 0 Å². The van der Waals surface area contributed by atoms with E-state index in [4.69, 9.17) is 0 Å². The van der Waals surface area contributed by atoms with Crippen molar-refractivity contribution < 1.29 is 18.0 Å². The number of unbranched alkanes of at least 4 members (excludes halogenated alkanes) is 1. The second-order valence-corrected chi connectivity index (χ2v) is 5.25. The van der Waals surface area contributed by atoms with Crippen molar-refractivity contribution in [3.63, 3.8) is 0 Å². The monoisotopic (exact) mass is 337 g/mol. The third-order valence-electron chi connectivity index (χ3n) is 3.30. The summed E-state index contributed by atoms with van der Waals surface area (Å²) in [6, 6.07) is 8.30. The summed E-state index contributed by atoms with van der Waals surface area (Å²) in [5.74, 6) is 0.153. The van der Waals surface area contributed by atoms with Gasteiger partial charge in [-0.25, -0.2) is 4.98 Å². The number of aromatic nitrogens is 1. The van der Waals surface area contributed by atoms with Crippen LogP contribution in [0.4, 0.5) is 30.4 Å². The standard InChI is InChI=1S/C17H18F3N3O/c1-2-3-8-16(24)22-12-9-10-15(21-11-12)23-14-7-5-4-6-13(14)17(18,19)20/h4-7,9-11H,2-3,8H2,1H3,(H,21,23)(H,22,24). The molecule has 0 radical (unpaired) electrons. The molecule has 0 spiro atoms. The number of rotatable bonds is 6. The fraction of sp³-hybridized carbons (Fsp3) is 0.294. The number of halogens is 3. The van der Waals surface area contributed by atoms with E-state index in [1.807, 2.05) is 6.92 Å². The number of nitrogens with one attached hydrogen (secondary N) is 2. The summed E-state index contributed by atoms with van der Waals surface area (Å²) in [4.78, 5) is 15.7.